The number of carbonyl (C=O) groups excluding carboxylic acids is 2. The van der Waals surface area contributed by atoms with Gasteiger partial charge in [0.1, 0.15) is 5.75 Å². The predicted octanol–water partition coefficient (Wildman–Crippen LogP) is 5.62. The largest absolute Gasteiger partial charge is 0.497 e. The first kappa shape index (κ1) is 28.4. The van der Waals surface area contributed by atoms with E-state index in [1.54, 1.807) is 64.7 Å². The first-order valence-electron chi connectivity index (χ1n) is 13.4. The Hall–Kier alpha value is -5.12. The third kappa shape index (κ3) is 5.43. The molecule has 0 bridgehead atoms. The van der Waals surface area contributed by atoms with Crippen molar-refractivity contribution >= 4 is 23.1 Å². The normalized spacial score (nSPS) is 18.1. The van der Waals surface area contributed by atoms with Crippen LogP contribution in [0.4, 0.5) is 11.4 Å². The standard InChI is InChI=1S/C32H31N3O7/c1-18-29(32(37)34-22-8-12-24(40-2)13-9-22)30(19-5-10-23(11-6-19)35(38)39)31-25(33-18)15-21(16-26(31)36)20-7-14-27(41-3)28(17-20)42-4/h5-14,17,21,30,33H,15-16H2,1-4H3,(H,34,37)/t21-,30+/m0/s1. The molecule has 0 unspecified atom stereocenters. The minimum Gasteiger partial charge on any atom is -0.497 e. The average molecular weight is 570 g/mol. The van der Waals surface area contributed by atoms with Gasteiger partial charge in [0.2, 0.25) is 0 Å². The molecule has 10 heteroatoms. The van der Waals surface area contributed by atoms with Crippen LogP contribution in [-0.4, -0.2) is 37.9 Å². The van der Waals surface area contributed by atoms with E-state index in [1.165, 1.54) is 12.1 Å². The summed E-state index contributed by atoms with van der Waals surface area (Å²) in [4.78, 5) is 38.6. The number of ketones is 1. The van der Waals surface area contributed by atoms with Gasteiger partial charge in [0, 0.05) is 52.7 Å². The summed E-state index contributed by atoms with van der Waals surface area (Å²) in [6, 6.07) is 18.6. The van der Waals surface area contributed by atoms with Gasteiger partial charge in [0.15, 0.2) is 17.3 Å². The van der Waals surface area contributed by atoms with Crippen molar-refractivity contribution in [1.29, 1.82) is 0 Å². The van der Waals surface area contributed by atoms with Crippen molar-refractivity contribution < 1.29 is 28.7 Å². The van der Waals surface area contributed by atoms with Crippen molar-refractivity contribution in [2.75, 3.05) is 26.6 Å². The van der Waals surface area contributed by atoms with E-state index in [0.717, 1.165) is 11.3 Å². The molecule has 2 atom stereocenters. The van der Waals surface area contributed by atoms with Crippen LogP contribution in [0.15, 0.2) is 89.3 Å². The molecule has 1 heterocycles. The van der Waals surface area contributed by atoms with Gasteiger partial charge in [0.25, 0.3) is 11.6 Å². The van der Waals surface area contributed by atoms with Gasteiger partial charge in [-0.2, -0.15) is 0 Å². The number of hydrogen-bond acceptors (Lipinski definition) is 8. The summed E-state index contributed by atoms with van der Waals surface area (Å²) >= 11 is 0. The lowest BCUT2D eigenvalue weighted by Crippen LogP contribution is -2.37. The van der Waals surface area contributed by atoms with Gasteiger partial charge in [0.05, 0.1) is 26.3 Å². The second-order valence-electron chi connectivity index (χ2n) is 10.2. The molecular weight excluding hydrogens is 538 g/mol. The Bertz CT molecular complexity index is 1610. The zero-order valence-corrected chi connectivity index (χ0v) is 23.7. The number of Topliss-reactive ketones (excluding diaryl/α,β-unsaturated/α-hetero) is 1. The number of anilines is 1. The zero-order chi connectivity index (χ0) is 30.0. The van der Waals surface area contributed by atoms with E-state index in [9.17, 15) is 19.7 Å². The molecule has 2 aliphatic rings. The number of methoxy groups -OCH3 is 3. The van der Waals surface area contributed by atoms with E-state index in [-0.39, 0.29) is 29.7 Å². The number of rotatable bonds is 8. The topological polar surface area (TPSA) is 129 Å². The number of amides is 1. The number of nitro groups is 1. The van der Waals surface area contributed by atoms with Crippen molar-refractivity contribution in [1.82, 2.24) is 5.32 Å². The fraction of sp³-hybridized carbons (Fsp3) is 0.250. The zero-order valence-electron chi connectivity index (χ0n) is 23.7. The molecule has 10 nitrogen and oxygen atoms in total. The fourth-order valence-corrected chi connectivity index (χ4v) is 5.68. The van der Waals surface area contributed by atoms with Crippen LogP contribution in [0.5, 0.6) is 17.2 Å². The minimum absolute atomic E-state index is 0.0738. The van der Waals surface area contributed by atoms with Crippen LogP contribution in [0, 0.1) is 10.1 Å². The van der Waals surface area contributed by atoms with Crippen molar-refractivity contribution in [3.05, 3.63) is 111 Å². The Labute approximate surface area is 243 Å². The maximum Gasteiger partial charge on any atom is 0.269 e. The van der Waals surface area contributed by atoms with Gasteiger partial charge in [-0.3, -0.25) is 19.7 Å². The molecule has 2 N–H and O–H groups in total. The highest BCUT2D eigenvalue weighted by Gasteiger charge is 2.41. The van der Waals surface area contributed by atoms with Crippen molar-refractivity contribution in [2.24, 2.45) is 0 Å². The van der Waals surface area contributed by atoms with Crippen molar-refractivity contribution in [3.8, 4) is 17.2 Å². The predicted molar refractivity (Wildman–Crippen MR) is 157 cm³/mol. The lowest BCUT2D eigenvalue weighted by molar-refractivity contribution is -0.384. The number of benzene rings is 3. The lowest BCUT2D eigenvalue weighted by atomic mass is 9.71. The van der Waals surface area contributed by atoms with Crippen LogP contribution >= 0.6 is 0 Å². The van der Waals surface area contributed by atoms with E-state index in [2.05, 4.69) is 10.6 Å². The van der Waals surface area contributed by atoms with E-state index in [1.807, 2.05) is 18.2 Å². The Morgan fingerprint density at radius 2 is 1.57 bits per heavy atom. The van der Waals surface area contributed by atoms with Gasteiger partial charge < -0.3 is 24.8 Å². The Morgan fingerprint density at radius 1 is 0.905 bits per heavy atom. The second kappa shape index (κ2) is 11.8. The number of nitro benzene ring substituents is 1. The van der Waals surface area contributed by atoms with Gasteiger partial charge in [-0.05, 0) is 66.8 Å². The summed E-state index contributed by atoms with van der Waals surface area (Å²) in [7, 11) is 4.70. The molecule has 0 radical (unpaired) electrons. The molecule has 5 rings (SSSR count). The molecule has 1 aliphatic heterocycles. The SMILES string of the molecule is COc1ccc(NC(=O)C2=C(C)NC3=C(C(=O)C[C@@H](c4ccc(OC)c(OC)c4)C3)[C@@H]2c2ccc([N+](=O)[O-])cc2)cc1. The van der Waals surface area contributed by atoms with Crippen LogP contribution in [0.3, 0.4) is 0 Å². The number of carbonyl (C=O) groups is 2. The smallest absolute Gasteiger partial charge is 0.269 e. The molecule has 3 aromatic rings. The highest BCUT2D eigenvalue weighted by atomic mass is 16.6. The fourth-order valence-electron chi connectivity index (χ4n) is 5.68. The number of allylic oxidation sites excluding steroid dienone is 3. The number of dihydropyridines is 1. The molecule has 0 saturated heterocycles. The van der Waals surface area contributed by atoms with Crippen molar-refractivity contribution in [3.63, 3.8) is 0 Å². The molecule has 216 valence electrons. The molecule has 0 fully saturated rings. The summed E-state index contributed by atoms with van der Waals surface area (Å²) in [5.41, 5.74) is 4.24. The van der Waals surface area contributed by atoms with Crippen LogP contribution < -0.4 is 24.8 Å². The minimum atomic E-state index is -0.709. The Balaban J connectivity index is 1.54. The van der Waals surface area contributed by atoms with Crippen LogP contribution in [0.25, 0.3) is 0 Å². The Kier molecular flexibility index (Phi) is 7.97. The van der Waals surface area contributed by atoms with Crippen LogP contribution in [-0.2, 0) is 9.59 Å². The van der Waals surface area contributed by atoms with Gasteiger partial charge in [-0.1, -0.05) is 18.2 Å². The first-order valence-corrected chi connectivity index (χ1v) is 13.4. The molecule has 1 amide bonds. The molecule has 0 aromatic heterocycles. The summed E-state index contributed by atoms with van der Waals surface area (Å²) in [5.74, 6) is 0.518. The quantitative estimate of drug-likeness (QED) is 0.264. The lowest BCUT2D eigenvalue weighted by Gasteiger charge is -2.37. The molecular formula is C32H31N3O7. The molecule has 0 saturated carbocycles. The number of hydrogen-bond donors (Lipinski definition) is 2. The van der Waals surface area contributed by atoms with Gasteiger partial charge in [-0.25, -0.2) is 0 Å². The van der Waals surface area contributed by atoms with Crippen LogP contribution in [0.2, 0.25) is 0 Å². The highest BCUT2D eigenvalue weighted by Crippen LogP contribution is 2.46. The first-order chi connectivity index (χ1) is 20.2. The summed E-state index contributed by atoms with van der Waals surface area (Å²) in [6.45, 7) is 1.80. The monoisotopic (exact) mass is 569 g/mol. The average Bonchev–Trinajstić information content (AvgIpc) is 3.00. The van der Waals surface area contributed by atoms with Crippen LogP contribution in [0.1, 0.15) is 42.7 Å². The number of nitrogens with one attached hydrogen (secondary N) is 2. The van der Waals surface area contributed by atoms with E-state index >= 15 is 0 Å². The third-order valence-electron chi connectivity index (χ3n) is 7.74. The van der Waals surface area contributed by atoms with E-state index in [4.69, 9.17) is 14.2 Å². The van der Waals surface area contributed by atoms with Gasteiger partial charge >= 0.3 is 0 Å². The molecule has 42 heavy (non-hydrogen) atoms. The van der Waals surface area contributed by atoms with Crippen molar-refractivity contribution in [2.45, 2.75) is 31.6 Å². The highest BCUT2D eigenvalue weighted by molar-refractivity contribution is 6.10. The molecule has 0 spiro atoms. The number of ether oxygens (including phenoxy) is 3. The van der Waals surface area contributed by atoms with E-state index < -0.39 is 10.8 Å². The summed E-state index contributed by atoms with van der Waals surface area (Å²) < 4.78 is 16.1. The Morgan fingerprint density at radius 3 is 2.19 bits per heavy atom. The molecule has 3 aromatic carbocycles. The number of nitrogens with zero attached hydrogens (tertiary/aromatic N) is 1. The third-order valence-corrected chi connectivity index (χ3v) is 7.74. The van der Waals surface area contributed by atoms with Gasteiger partial charge in [-0.15, -0.1) is 0 Å². The van der Waals surface area contributed by atoms with E-state index in [0.29, 0.717) is 51.8 Å². The molecule has 1 aliphatic carbocycles. The summed E-state index contributed by atoms with van der Waals surface area (Å²) in [6.07, 6.45) is 0.761. The maximum absolute atomic E-state index is 13.9. The number of non-ortho nitro benzene ring substituents is 1. The summed E-state index contributed by atoms with van der Waals surface area (Å²) in [5, 5.41) is 17.6. The second-order valence-corrected chi connectivity index (χ2v) is 10.2. The maximum atomic E-state index is 13.9.